The molecular formula is C59H39BCl2F2N3O5+. The summed E-state index contributed by atoms with van der Waals surface area (Å²) in [7, 11) is -2.91. The number of pyridine rings is 1. The molecule has 8 nitrogen and oxygen atoms in total. The van der Waals surface area contributed by atoms with Crippen molar-refractivity contribution in [1.29, 1.82) is 0 Å². The van der Waals surface area contributed by atoms with E-state index in [1.807, 2.05) is 78.9 Å². The molecule has 0 saturated heterocycles. The van der Waals surface area contributed by atoms with E-state index >= 15 is 8.63 Å². The van der Waals surface area contributed by atoms with Gasteiger partial charge >= 0.3 is 13.4 Å². The summed E-state index contributed by atoms with van der Waals surface area (Å²) in [5, 5.41) is 4.00. The second-order valence-electron chi connectivity index (χ2n) is 18.7. The number of aryl methyl sites for hydroxylation is 3. The lowest BCUT2D eigenvalue weighted by Gasteiger charge is -2.15. The van der Waals surface area contributed by atoms with Gasteiger partial charge in [0.1, 0.15) is 16.9 Å². The van der Waals surface area contributed by atoms with Crippen molar-refractivity contribution in [2.24, 2.45) is 0 Å². The summed E-state index contributed by atoms with van der Waals surface area (Å²) in [5.74, 6) is -0.563. The molecule has 350 valence electrons. The number of nitrogens with one attached hydrogen (secondary N) is 1. The first kappa shape index (κ1) is 44.1. The maximum Gasteiger partial charge on any atom is 0.935 e. The Bertz CT molecular complexity index is 4130. The lowest BCUT2D eigenvalue weighted by Crippen LogP contribution is -2.31. The molecule has 0 saturated carbocycles. The van der Waals surface area contributed by atoms with Crippen LogP contribution in [0.1, 0.15) is 58.3 Å². The molecule has 7 aromatic carbocycles. The topological polar surface area (TPSA) is 97.3 Å². The Hall–Kier alpha value is -7.86. The first-order valence-corrected chi connectivity index (χ1v) is 24.7. The van der Waals surface area contributed by atoms with Crippen LogP contribution in [0.2, 0.25) is 10.0 Å². The molecule has 4 heterocycles. The van der Waals surface area contributed by atoms with Gasteiger partial charge in [-0.15, -0.1) is 0 Å². The van der Waals surface area contributed by atoms with Gasteiger partial charge in [-0.3, -0.25) is 14.4 Å². The van der Waals surface area contributed by atoms with E-state index in [-0.39, 0.29) is 27.9 Å². The maximum absolute atomic E-state index is 15.8. The van der Waals surface area contributed by atoms with Gasteiger partial charge in [0.15, 0.2) is 11.4 Å². The molecule has 0 atom stereocenters. The molecule has 13 rings (SSSR count). The van der Waals surface area contributed by atoms with Crippen molar-refractivity contribution in [2.45, 2.75) is 44.9 Å². The Morgan fingerprint density at radius 1 is 0.681 bits per heavy atom. The van der Waals surface area contributed by atoms with Crippen LogP contribution in [0.3, 0.4) is 0 Å². The number of ether oxygens (including phenoxy) is 1. The van der Waals surface area contributed by atoms with E-state index in [1.54, 1.807) is 42.5 Å². The molecular weight excluding hydrogens is 950 g/mol. The number of esters is 1. The molecule has 0 amide bonds. The van der Waals surface area contributed by atoms with E-state index in [2.05, 4.69) is 17.1 Å². The number of nitrogens with zero attached hydrogens (tertiary/aromatic N) is 2. The molecule has 10 aromatic rings. The van der Waals surface area contributed by atoms with E-state index in [0.29, 0.717) is 67.5 Å². The lowest BCUT2D eigenvalue weighted by molar-refractivity contribution is -0.340. The molecule has 0 bridgehead atoms. The monoisotopic (exact) mass is 988 g/mol. The van der Waals surface area contributed by atoms with Gasteiger partial charge in [0.05, 0.1) is 33.4 Å². The highest BCUT2D eigenvalue weighted by Crippen LogP contribution is 2.45. The number of carbonyl (C=O) groups excluding carboxylic acids is 1. The van der Waals surface area contributed by atoms with Gasteiger partial charge < -0.3 is 14.1 Å². The third kappa shape index (κ3) is 7.08. The fourth-order valence-electron chi connectivity index (χ4n) is 11.4. The summed E-state index contributed by atoms with van der Waals surface area (Å²) < 4.78 is 46.0. The normalized spacial score (nSPS) is 15.0. The maximum atomic E-state index is 15.8. The van der Waals surface area contributed by atoms with Crippen LogP contribution in [-0.4, -0.2) is 33.1 Å². The number of rotatable bonds is 7. The second kappa shape index (κ2) is 17.2. The van der Waals surface area contributed by atoms with Crippen LogP contribution in [0.5, 0.6) is 5.75 Å². The molecule has 0 spiro atoms. The van der Waals surface area contributed by atoms with E-state index in [1.165, 1.54) is 17.7 Å². The van der Waals surface area contributed by atoms with Crippen LogP contribution < -0.4 is 15.9 Å². The van der Waals surface area contributed by atoms with Crippen molar-refractivity contribution in [3.05, 3.63) is 227 Å². The third-order valence-electron chi connectivity index (χ3n) is 14.5. The Kier molecular flexibility index (Phi) is 10.5. The van der Waals surface area contributed by atoms with Crippen LogP contribution in [0.15, 0.2) is 171 Å². The van der Waals surface area contributed by atoms with Crippen LogP contribution in [0.4, 0.5) is 8.63 Å². The van der Waals surface area contributed by atoms with Gasteiger partial charge in [-0.1, -0.05) is 102 Å². The number of allylic oxidation sites excluding steroid dienone is 2. The van der Waals surface area contributed by atoms with Crippen LogP contribution in [-0.2, 0) is 30.5 Å². The van der Waals surface area contributed by atoms with Crippen molar-refractivity contribution >= 4 is 91.3 Å². The van der Waals surface area contributed by atoms with Crippen LogP contribution >= 0.6 is 23.2 Å². The van der Waals surface area contributed by atoms with Crippen LogP contribution in [0.25, 0.3) is 66.0 Å². The van der Waals surface area contributed by atoms with Crippen LogP contribution in [0, 0.1) is 0 Å². The summed E-state index contributed by atoms with van der Waals surface area (Å²) in [5.41, 5.74) is 10.1. The number of halogens is 4. The standard InChI is InChI=1S/C59H38BCl2F2N3O5/c61-45-30-38(71-51(68)27-32-19-21-37(22-20-32)66-58(69)43-24-23-42-41-17-5-6-18-49(41)72-50-26-25-44(59(66)70)52(43)53(42)50)31-46(62)54(45)55(47-28-35-13-7-11-33-9-1-3-15-39(33)56(35)65-47)48-29-36-14-8-12-34-10-2-4-16-40(34)57(36)67(48)60(63)64/h1-6,9-10,15-26,28-31H,7-8,11-14,27H2/p+1. The lowest BCUT2D eigenvalue weighted by atomic mass is 9.96. The fourth-order valence-corrected chi connectivity index (χ4v) is 12.0. The zero-order valence-corrected chi connectivity index (χ0v) is 39.8. The first-order valence-electron chi connectivity index (χ1n) is 23.9. The predicted molar refractivity (Wildman–Crippen MR) is 282 cm³/mol. The van der Waals surface area contributed by atoms with Gasteiger partial charge in [0.25, 0.3) is 11.1 Å². The number of H-pyrrole nitrogens is 1. The number of fused-ring (bicyclic) bond motifs is 8. The van der Waals surface area contributed by atoms with Crippen molar-refractivity contribution in [3.63, 3.8) is 0 Å². The molecule has 3 aromatic heterocycles. The fraction of sp³-hybridized carbons (Fsp3) is 0.119. The van der Waals surface area contributed by atoms with Gasteiger partial charge in [-0.25, -0.2) is 17.7 Å². The minimum Gasteiger partial charge on any atom is -0.456 e. The third-order valence-corrected chi connectivity index (χ3v) is 15.1. The summed E-state index contributed by atoms with van der Waals surface area (Å²) in [6, 6.07) is 42.3. The molecule has 0 radical (unpaired) electrons. The predicted octanol–water partition coefficient (Wildman–Crippen LogP) is 13.2. The second-order valence-corrected chi connectivity index (χ2v) is 19.5. The van der Waals surface area contributed by atoms with E-state index in [0.717, 1.165) is 90.8 Å². The Labute approximate surface area is 420 Å². The SMILES string of the molecule is O=C(Cc1ccc(-n2c(=O)c3ccc4oc5ccccc5c5ccc(c2=O)c3c45)cc1)Oc1cc(Cl)c(/C(=C2\C=C3CCCc4ccccc4C3=[N+]2B(F)F)c2cc3c([nH]2)-c2ccccc2CCC3)c(Cl)c1. The quantitative estimate of drug-likeness (QED) is 0.0564. The molecule has 3 aliphatic rings. The number of carbonyl (C=O) groups is 1. The smallest absolute Gasteiger partial charge is 0.456 e. The minimum absolute atomic E-state index is 0.0667. The van der Waals surface area contributed by atoms with E-state index in [9.17, 15) is 14.4 Å². The van der Waals surface area contributed by atoms with Crippen molar-refractivity contribution in [3.8, 4) is 22.7 Å². The van der Waals surface area contributed by atoms with Gasteiger partial charge in [0.2, 0.25) is 0 Å². The molecule has 2 aliphatic carbocycles. The molecule has 1 N–H and O–H groups in total. The van der Waals surface area contributed by atoms with E-state index in [4.69, 9.17) is 32.4 Å². The van der Waals surface area contributed by atoms with Gasteiger partial charge in [-0.05, 0) is 115 Å². The molecule has 13 heteroatoms. The largest absolute Gasteiger partial charge is 0.935 e. The first-order chi connectivity index (χ1) is 35.1. The van der Waals surface area contributed by atoms with Crippen molar-refractivity contribution < 1.29 is 27.1 Å². The Morgan fingerprint density at radius 2 is 1.32 bits per heavy atom. The molecule has 0 unspecified atom stereocenters. The average molecular weight is 990 g/mol. The Balaban J connectivity index is 0.842. The molecule has 1 aliphatic heterocycles. The van der Waals surface area contributed by atoms with E-state index < -0.39 is 24.5 Å². The number of aromatic amines is 1. The highest BCUT2D eigenvalue weighted by Gasteiger charge is 2.48. The summed E-state index contributed by atoms with van der Waals surface area (Å²) in [6.07, 6.45) is 6.45. The summed E-state index contributed by atoms with van der Waals surface area (Å²) >= 11 is 14.4. The number of para-hydroxylation sites is 1. The highest BCUT2D eigenvalue weighted by molar-refractivity contribution is 6.39. The van der Waals surface area contributed by atoms with Crippen molar-refractivity contribution in [2.75, 3.05) is 0 Å². The average Bonchev–Trinajstić information content (AvgIpc) is 3.86. The summed E-state index contributed by atoms with van der Waals surface area (Å²) in [6.45, 7) is 0. The number of hydrogen-bond donors (Lipinski definition) is 1. The van der Waals surface area contributed by atoms with Gasteiger partial charge in [0, 0.05) is 73.1 Å². The minimum atomic E-state index is -2.91. The highest BCUT2D eigenvalue weighted by atomic mass is 35.5. The summed E-state index contributed by atoms with van der Waals surface area (Å²) in [4.78, 5) is 45.5. The number of hydrogen-bond acceptors (Lipinski definition) is 5. The number of benzene rings is 7. The molecule has 72 heavy (non-hydrogen) atoms. The Morgan fingerprint density at radius 3 is 2.07 bits per heavy atom. The molecule has 0 fully saturated rings. The zero-order valence-electron chi connectivity index (χ0n) is 38.3. The number of aromatic nitrogens is 2. The van der Waals surface area contributed by atoms with Crippen molar-refractivity contribution in [1.82, 2.24) is 9.55 Å². The zero-order chi connectivity index (χ0) is 48.9. The van der Waals surface area contributed by atoms with Gasteiger partial charge in [-0.2, -0.15) is 0 Å².